The van der Waals surface area contributed by atoms with Gasteiger partial charge < -0.3 is 10.8 Å². The summed E-state index contributed by atoms with van der Waals surface area (Å²) >= 11 is 1.35. The summed E-state index contributed by atoms with van der Waals surface area (Å²) in [6, 6.07) is -0.660. The van der Waals surface area contributed by atoms with Gasteiger partial charge >= 0.3 is 5.97 Å². The molecule has 1 amide bonds. The first-order valence-electron chi connectivity index (χ1n) is 5.69. The van der Waals surface area contributed by atoms with Gasteiger partial charge in [0.2, 0.25) is 5.91 Å². The summed E-state index contributed by atoms with van der Waals surface area (Å²) in [4.78, 5) is 35.9. The number of carboxylic acids is 1. The normalized spacial score (nSPS) is 26.8. The number of fused-ring (bicyclic) bond motifs is 1. The molecular weight excluding hydrogens is 256 g/mol. The van der Waals surface area contributed by atoms with Crippen molar-refractivity contribution in [3.63, 3.8) is 0 Å². The van der Waals surface area contributed by atoms with Crippen LogP contribution in [0, 0.1) is 0 Å². The highest BCUT2D eigenvalue weighted by Crippen LogP contribution is 2.39. The average Bonchev–Trinajstić information content (AvgIpc) is 2.36. The zero-order chi connectivity index (χ0) is 13.4. The molecule has 0 spiro atoms. The number of carbonyl (C=O) groups excluding carboxylic acids is 2. The predicted octanol–water partition coefficient (Wildman–Crippen LogP) is -0.0633. The smallest absolute Gasteiger partial charge is 0.353 e. The minimum Gasteiger partial charge on any atom is -0.477 e. The van der Waals surface area contributed by atoms with Gasteiger partial charge in [0.05, 0.1) is 0 Å². The summed E-state index contributed by atoms with van der Waals surface area (Å²) in [6.07, 6.45) is 0.947. The fourth-order valence-corrected chi connectivity index (χ4v) is 3.42. The number of carboxylic acid groups (broad SMARTS) is 1. The number of hydrogen-bond donors (Lipinski definition) is 2. The van der Waals surface area contributed by atoms with Crippen LogP contribution in [0.4, 0.5) is 0 Å². The van der Waals surface area contributed by atoms with Crippen LogP contribution in [0.2, 0.25) is 0 Å². The summed E-state index contributed by atoms with van der Waals surface area (Å²) in [5.41, 5.74) is 5.66. The van der Waals surface area contributed by atoms with Crippen molar-refractivity contribution >= 4 is 29.4 Å². The fourth-order valence-electron chi connectivity index (χ4n) is 2.11. The molecule has 0 aromatic rings. The van der Waals surface area contributed by atoms with Gasteiger partial charge in [0, 0.05) is 17.7 Å². The number of aliphatic carboxylic acids is 1. The minimum absolute atomic E-state index is 0.177. The third kappa shape index (κ3) is 1.83. The Hall–Kier alpha value is -1.34. The first-order valence-corrected chi connectivity index (χ1v) is 6.73. The Morgan fingerprint density at radius 3 is 2.78 bits per heavy atom. The van der Waals surface area contributed by atoms with Crippen LogP contribution in [-0.2, 0) is 14.4 Å². The summed E-state index contributed by atoms with van der Waals surface area (Å²) in [5, 5.41) is 8.85. The molecule has 0 radical (unpaired) electrons. The van der Waals surface area contributed by atoms with Crippen molar-refractivity contribution in [3.05, 3.63) is 11.3 Å². The molecule has 2 atom stereocenters. The molecule has 0 aliphatic carbocycles. The maximum Gasteiger partial charge on any atom is 0.353 e. The van der Waals surface area contributed by atoms with Gasteiger partial charge in [-0.05, 0) is 6.42 Å². The highest BCUT2D eigenvalue weighted by Gasteiger charge is 2.52. The van der Waals surface area contributed by atoms with Crippen molar-refractivity contribution in [3.8, 4) is 0 Å². The Morgan fingerprint density at radius 1 is 1.56 bits per heavy atom. The SMILES string of the molecule is CCCC(=O)C1=C(C(=O)O)N2C(=O)C(N)[C@@H]2SC1. The van der Waals surface area contributed by atoms with Crippen LogP contribution in [-0.4, -0.2) is 44.8 Å². The molecule has 98 valence electrons. The van der Waals surface area contributed by atoms with Gasteiger partial charge in [-0.1, -0.05) is 6.92 Å². The topological polar surface area (TPSA) is 101 Å². The molecule has 1 unspecified atom stereocenters. The highest BCUT2D eigenvalue weighted by molar-refractivity contribution is 8.00. The van der Waals surface area contributed by atoms with Crippen molar-refractivity contribution in [2.75, 3.05) is 5.75 Å². The summed E-state index contributed by atoms with van der Waals surface area (Å²) in [5.74, 6) is -1.55. The molecule has 0 saturated carbocycles. The zero-order valence-electron chi connectivity index (χ0n) is 9.88. The quantitative estimate of drug-likeness (QED) is 0.694. The van der Waals surface area contributed by atoms with Crippen LogP contribution in [0.25, 0.3) is 0 Å². The molecule has 7 heteroatoms. The molecule has 1 fully saturated rings. The van der Waals surface area contributed by atoms with E-state index in [0.29, 0.717) is 18.6 Å². The van der Waals surface area contributed by atoms with Crippen LogP contribution >= 0.6 is 11.8 Å². The number of Topliss-reactive ketones (excluding diaryl/α,β-unsaturated/α-hetero) is 1. The van der Waals surface area contributed by atoms with E-state index in [1.165, 1.54) is 11.8 Å². The Kier molecular flexibility index (Phi) is 3.45. The Balaban J connectivity index is 2.38. The summed E-state index contributed by atoms with van der Waals surface area (Å²) < 4.78 is 0. The average molecular weight is 270 g/mol. The van der Waals surface area contributed by atoms with Crippen molar-refractivity contribution in [1.29, 1.82) is 0 Å². The van der Waals surface area contributed by atoms with E-state index < -0.39 is 17.9 Å². The highest BCUT2D eigenvalue weighted by atomic mass is 32.2. The molecule has 2 rings (SSSR count). The maximum absolute atomic E-state index is 11.9. The Morgan fingerprint density at radius 2 is 2.22 bits per heavy atom. The van der Waals surface area contributed by atoms with Gasteiger partial charge in [0.25, 0.3) is 0 Å². The summed E-state index contributed by atoms with van der Waals surface area (Å²) in [7, 11) is 0. The molecule has 0 bridgehead atoms. The molecule has 2 heterocycles. The van der Waals surface area contributed by atoms with Crippen LogP contribution < -0.4 is 5.73 Å². The van der Waals surface area contributed by atoms with Crippen LogP contribution in [0.5, 0.6) is 0 Å². The lowest BCUT2D eigenvalue weighted by molar-refractivity contribution is -0.148. The molecule has 2 aliphatic heterocycles. The van der Waals surface area contributed by atoms with E-state index in [9.17, 15) is 19.5 Å². The van der Waals surface area contributed by atoms with E-state index in [1.54, 1.807) is 0 Å². The fraction of sp³-hybridized carbons (Fsp3) is 0.545. The number of ketones is 1. The molecule has 2 aliphatic rings. The second-order valence-electron chi connectivity index (χ2n) is 4.24. The standard InChI is InChI=1S/C11H14N2O4S/c1-2-3-6(14)5-4-18-10-7(12)9(15)13(10)8(5)11(16)17/h7,10H,2-4,12H2,1H3,(H,16,17)/t7?,10-/m0/s1. The van der Waals surface area contributed by atoms with Gasteiger partial charge in [-0.25, -0.2) is 4.79 Å². The lowest BCUT2D eigenvalue weighted by Crippen LogP contribution is -2.68. The minimum atomic E-state index is -1.24. The van der Waals surface area contributed by atoms with Crippen molar-refractivity contribution in [2.45, 2.75) is 31.2 Å². The van der Waals surface area contributed by atoms with Gasteiger partial charge in [0.15, 0.2) is 5.78 Å². The van der Waals surface area contributed by atoms with Crippen LogP contribution in [0.1, 0.15) is 19.8 Å². The molecule has 0 aromatic heterocycles. The number of carbonyl (C=O) groups is 3. The van der Waals surface area contributed by atoms with Crippen LogP contribution in [0.15, 0.2) is 11.3 Å². The van der Waals surface area contributed by atoms with E-state index in [0.717, 1.165) is 4.90 Å². The number of amides is 1. The third-order valence-electron chi connectivity index (χ3n) is 3.03. The molecular formula is C11H14N2O4S. The Labute approximate surface area is 108 Å². The third-order valence-corrected chi connectivity index (χ3v) is 4.33. The lowest BCUT2D eigenvalue weighted by Gasteiger charge is -2.47. The van der Waals surface area contributed by atoms with E-state index in [1.807, 2.05) is 6.92 Å². The second-order valence-corrected chi connectivity index (χ2v) is 5.35. The largest absolute Gasteiger partial charge is 0.477 e. The number of thioether (sulfide) groups is 1. The predicted molar refractivity (Wildman–Crippen MR) is 65.6 cm³/mol. The van der Waals surface area contributed by atoms with Crippen molar-refractivity contribution in [1.82, 2.24) is 4.90 Å². The molecule has 18 heavy (non-hydrogen) atoms. The number of hydrogen-bond acceptors (Lipinski definition) is 5. The number of nitrogens with two attached hydrogens (primary N) is 1. The molecule has 1 saturated heterocycles. The van der Waals surface area contributed by atoms with Crippen LogP contribution in [0.3, 0.4) is 0 Å². The van der Waals surface area contributed by atoms with Gasteiger partial charge in [-0.2, -0.15) is 0 Å². The number of rotatable bonds is 4. The van der Waals surface area contributed by atoms with Gasteiger partial charge in [-0.3, -0.25) is 14.5 Å². The van der Waals surface area contributed by atoms with E-state index >= 15 is 0 Å². The maximum atomic E-state index is 11.9. The number of nitrogens with zero attached hydrogens (tertiary/aromatic N) is 1. The monoisotopic (exact) mass is 270 g/mol. The lowest BCUT2D eigenvalue weighted by atomic mass is 10.0. The van der Waals surface area contributed by atoms with E-state index in [2.05, 4.69) is 0 Å². The first kappa shape index (κ1) is 13.1. The number of β-lactam (4-membered cyclic amide) rings is 1. The molecule has 6 nitrogen and oxygen atoms in total. The zero-order valence-corrected chi connectivity index (χ0v) is 10.7. The summed E-state index contributed by atoms with van der Waals surface area (Å²) in [6.45, 7) is 1.85. The van der Waals surface area contributed by atoms with Crippen molar-refractivity contribution < 1.29 is 19.5 Å². The molecule has 3 N–H and O–H groups in total. The second kappa shape index (κ2) is 4.74. The molecule has 0 aromatic carbocycles. The van der Waals surface area contributed by atoms with Gasteiger partial charge in [0.1, 0.15) is 17.1 Å². The van der Waals surface area contributed by atoms with Crippen molar-refractivity contribution in [2.24, 2.45) is 5.73 Å². The Bertz CT molecular complexity index is 460. The first-order chi connectivity index (χ1) is 8.49. The van der Waals surface area contributed by atoms with E-state index in [4.69, 9.17) is 5.73 Å². The van der Waals surface area contributed by atoms with E-state index in [-0.39, 0.29) is 22.4 Å². The van der Waals surface area contributed by atoms with Gasteiger partial charge in [-0.15, -0.1) is 11.8 Å².